The Bertz CT molecular complexity index is 719. The Morgan fingerprint density at radius 1 is 1.27 bits per heavy atom. The number of morpholine rings is 1. The van der Waals surface area contributed by atoms with Crippen LogP contribution in [0.2, 0.25) is 0 Å². The van der Waals surface area contributed by atoms with Gasteiger partial charge in [0.1, 0.15) is 11.6 Å². The smallest absolute Gasteiger partial charge is 0.224 e. The van der Waals surface area contributed by atoms with Crippen molar-refractivity contribution in [2.24, 2.45) is 0 Å². The molecule has 1 fully saturated rings. The minimum atomic E-state index is -0.267. The highest BCUT2D eigenvalue weighted by atomic mass is 19.1. The van der Waals surface area contributed by atoms with Crippen LogP contribution in [-0.2, 0) is 16.0 Å². The average Bonchev–Trinajstić information content (AvgIpc) is 2.96. The molecule has 1 aromatic heterocycles. The number of carbonyl (C=O) groups is 1. The lowest BCUT2D eigenvalue weighted by atomic mass is 10.0. The molecule has 0 radical (unpaired) electrons. The third-order valence-electron chi connectivity index (χ3n) is 4.75. The fourth-order valence-electron chi connectivity index (χ4n) is 3.22. The molecule has 26 heavy (non-hydrogen) atoms. The molecule has 1 saturated heterocycles. The number of benzene rings is 1. The van der Waals surface area contributed by atoms with Gasteiger partial charge in [-0.15, -0.1) is 0 Å². The maximum atomic E-state index is 13.3. The third kappa shape index (κ3) is 4.47. The molecule has 2 heterocycles. The monoisotopic (exact) mass is 361 g/mol. The van der Waals surface area contributed by atoms with E-state index in [0.29, 0.717) is 25.5 Å². The fraction of sp³-hybridized carbons (Fsp3) is 0.474. The van der Waals surface area contributed by atoms with Crippen LogP contribution < -0.4 is 5.32 Å². The van der Waals surface area contributed by atoms with E-state index in [1.54, 1.807) is 19.1 Å². The van der Waals surface area contributed by atoms with Gasteiger partial charge in [0.05, 0.1) is 31.4 Å². The SMILES string of the molecule is Cc1noc(C)c1CC(=O)NC[C@H](c1ccc(F)cc1)N1CCOCC1. The van der Waals surface area contributed by atoms with Crippen LogP contribution in [0.1, 0.15) is 28.6 Å². The predicted molar refractivity (Wildman–Crippen MR) is 94.2 cm³/mol. The van der Waals surface area contributed by atoms with Crippen molar-refractivity contribution in [3.05, 3.63) is 52.7 Å². The minimum Gasteiger partial charge on any atom is -0.379 e. The molecule has 1 aliphatic rings. The van der Waals surface area contributed by atoms with Crippen molar-refractivity contribution in [3.8, 4) is 0 Å². The average molecular weight is 361 g/mol. The molecular weight excluding hydrogens is 337 g/mol. The highest BCUT2D eigenvalue weighted by Gasteiger charge is 2.23. The van der Waals surface area contributed by atoms with E-state index < -0.39 is 0 Å². The lowest BCUT2D eigenvalue weighted by Crippen LogP contribution is -2.44. The molecule has 1 amide bonds. The zero-order chi connectivity index (χ0) is 18.5. The fourth-order valence-corrected chi connectivity index (χ4v) is 3.22. The highest BCUT2D eigenvalue weighted by Crippen LogP contribution is 2.22. The molecular formula is C19H24FN3O3. The quantitative estimate of drug-likeness (QED) is 0.854. The van der Waals surface area contributed by atoms with Crippen LogP contribution in [-0.4, -0.2) is 48.8 Å². The predicted octanol–water partition coefficient (Wildman–Crippen LogP) is 2.16. The summed E-state index contributed by atoms with van der Waals surface area (Å²) < 4.78 is 23.8. The summed E-state index contributed by atoms with van der Waals surface area (Å²) in [5, 5.41) is 6.88. The summed E-state index contributed by atoms with van der Waals surface area (Å²) >= 11 is 0. The Hall–Kier alpha value is -2.25. The number of amides is 1. The largest absolute Gasteiger partial charge is 0.379 e. The van der Waals surface area contributed by atoms with Crippen molar-refractivity contribution in [2.75, 3.05) is 32.8 Å². The molecule has 1 atom stereocenters. The molecule has 1 N–H and O–H groups in total. The van der Waals surface area contributed by atoms with Gasteiger partial charge in [-0.25, -0.2) is 4.39 Å². The summed E-state index contributed by atoms with van der Waals surface area (Å²) in [5.41, 5.74) is 2.54. The van der Waals surface area contributed by atoms with Gasteiger partial charge in [0.15, 0.2) is 0 Å². The Kier molecular flexibility index (Phi) is 6.00. The van der Waals surface area contributed by atoms with Crippen LogP contribution in [0.3, 0.4) is 0 Å². The first-order chi connectivity index (χ1) is 12.5. The van der Waals surface area contributed by atoms with Crippen molar-refractivity contribution in [3.63, 3.8) is 0 Å². The molecule has 1 aliphatic heterocycles. The molecule has 0 bridgehead atoms. The summed E-state index contributed by atoms with van der Waals surface area (Å²) in [6.45, 7) is 6.96. The lowest BCUT2D eigenvalue weighted by molar-refractivity contribution is -0.120. The van der Waals surface area contributed by atoms with E-state index in [1.165, 1.54) is 12.1 Å². The maximum Gasteiger partial charge on any atom is 0.224 e. The molecule has 0 spiro atoms. The summed E-state index contributed by atoms with van der Waals surface area (Å²) in [7, 11) is 0. The Morgan fingerprint density at radius 2 is 1.96 bits per heavy atom. The maximum absolute atomic E-state index is 13.3. The number of hydrogen-bond acceptors (Lipinski definition) is 5. The van der Waals surface area contributed by atoms with E-state index in [0.717, 1.165) is 29.9 Å². The number of aryl methyl sites for hydroxylation is 2. The topological polar surface area (TPSA) is 67.6 Å². The van der Waals surface area contributed by atoms with Gasteiger partial charge in [-0.1, -0.05) is 17.3 Å². The van der Waals surface area contributed by atoms with E-state index in [4.69, 9.17) is 9.26 Å². The zero-order valence-corrected chi connectivity index (χ0v) is 15.1. The van der Waals surface area contributed by atoms with Crippen molar-refractivity contribution in [1.82, 2.24) is 15.4 Å². The first-order valence-electron chi connectivity index (χ1n) is 8.80. The number of rotatable bonds is 6. The van der Waals surface area contributed by atoms with Crippen molar-refractivity contribution in [1.29, 1.82) is 0 Å². The molecule has 1 aromatic carbocycles. The minimum absolute atomic E-state index is 0.0203. The van der Waals surface area contributed by atoms with Crippen LogP contribution in [0.25, 0.3) is 0 Å². The second-order valence-corrected chi connectivity index (χ2v) is 6.50. The second kappa shape index (κ2) is 8.42. The number of hydrogen-bond donors (Lipinski definition) is 1. The van der Waals surface area contributed by atoms with Gasteiger partial charge in [-0.05, 0) is 31.5 Å². The molecule has 140 valence electrons. The Balaban J connectivity index is 1.67. The highest BCUT2D eigenvalue weighted by molar-refractivity contribution is 5.79. The van der Waals surface area contributed by atoms with Crippen LogP contribution in [0, 0.1) is 19.7 Å². The van der Waals surface area contributed by atoms with Gasteiger partial charge in [0, 0.05) is 25.2 Å². The van der Waals surface area contributed by atoms with Gasteiger partial charge < -0.3 is 14.6 Å². The van der Waals surface area contributed by atoms with Gasteiger partial charge in [-0.2, -0.15) is 0 Å². The van der Waals surface area contributed by atoms with Crippen molar-refractivity contribution >= 4 is 5.91 Å². The molecule has 0 unspecified atom stereocenters. The first-order valence-corrected chi connectivity index (χ1v) is 8.80. The lowest BCUT2D eigenvalue weighted by Gasteiger charge is -2.35. The molecule has 0 aliphatic carbocycles. The van der Waals surface area contributed by atoms with Gasteiger partial charge in [-0.3, -0.25) is 9.69 Å². The van der Waals surface area contributed by atoms with E-state index in [2.05, 4.69) is 15.4 Å². The van der Waals surface area contributed by atoms with E-state index in [-0.39, 0.29) is 24.2 Å². The first kappa shape index (κ1) is 18.5. The second-order valence-electron chi connectivity index (χ2n) is 6.50. The Morgan fingerprint density at radius 3 is 2.58 bits per heavy atom. The summed E-state index contributed by atoms with van der Waals surface area (Å²) in [6, 6.07) is 6.43. The number of nitrogens with zero attached hydrogens (tertiary/aromatic N) is 2. The van der Waals surface area contributed by atoms with E-state index in [1.807, 2.05) is 6.92 Å². The molecule has 3 rings (SSSR count). The Labute approximate surface area is 152 Å². The van der Waals surface area contributed by atoms with Gasteiger partial charge in [0.2, 0.25) is 5.91 Å². The number of nitrogens with one attached hydrogen (secondary N) is 1. The van der Waals surface area contributed by atoms with E-state index in [9.17, 15) is 9.18 Å². The number of aromatic nitrogens is 1. The normalized spacial score (nSPS) is 16.4. The van der Waals surface area contributed by atoms with Crippen molar-refractivity contribution < 1.29 is 18.4 Å². The number of carbonyl (C=O) groups excluding carboxylic acids is 1. The molecule has 6 nitrogen and oxygen atoms in total. The van der Waals surface area contributed by atoms with Crippen molar-refractivity contribution in [2.45, 2.75) is 26.3 Å². The summed E-state index contributed by atoms with van der Waals surface area (Å²) in [5.74, 6) is 0.317. The molecule has 2 aromatic rings. The summed E-state index contributed by atoms with van der Waals surface area (Å²) in [4.78, 5) is 14.7. The number of ether oxygens (including phenoxy) is 1. The standard InChI is InChI=1S/C19H24FN3O3/c1-13-17(14(2)26-22-13)11-19(24)21-12-18(23-7-9-25-10-8-23)15-3-5-16(20)6-4-15/h3-6,18H,7-12H2,1-2H3,(H,21,24)/t18-/m1/s1. The van der Waals surface area contributed by atoms with Crippen LogP contribution in [0.4, 0.5) is 4.39 Å². The third-order valence-corrected chi connectivity index (χ3v) is 4.75. The number of halogens is 1. The zero-order valence-electron chi connectivity index (χ0n) is 15.1. The van der Waals surface area contributed by atoms with Crippen LogP contribution in [0.5, 0.6) is 0 Å². The van der Waals surface area contributed by atoms with Crippen LogP contribution in [0.15, 0.2) is 28.8 Å². The molecule has 0 saturated carbocycles. The molecule has 7 heteroatoms. The van der Waals surface area contributed by atoms with Gasteiger partial charge >= 0.3 is 0 Å². The van der Waals surface area contributed by atoms with Gasteiger partial charge in [0.25, 0.3) is 0 Å². The van der Waals surface area contributed by atoms with E-state index >= 15 is 0 Å². The summed E-state index contributed by atoms with van der Waals surface area (Å²) in [6.07, 6.45) is 0.237. The van der Waals surface area contributed by atoms with Crippen LogP contribution >= 0.6 is 0 Å².